The van der Waals surface area contributed by atoms with Crippen LogP contribution >= 0.6 is 22.9 Å². The van der Waals surface area contributed by atoms with Crippen molar-refractivity contribution in [3.63, 3.8) is 0 Å². The standard InChI is InChI=1S/C23H25ClN2O2S2/c1-15-12-16(2)22(17(3)13-15)21-14-29-23(25-21)26-10-8-20(9-11-26)30(27,28)19-6-4-18(24)5-7-19/h4-7,12-14,20H,8-11H2,1-3H3. The van der Waals surface area contributed by atoms with Gasteiger partial charge in [0.25, 0.3) is 0 Å². The molecule has 0 aliphatic carbocycles. The van der Waals surface area contributed by atoms with Crippen molar-refractivity contribution < 1.29 is 8.42 Å². The van der Waals surface area contributed by atoms with Gasteiger partial charge in [-0.3, -0.25) is 0 Å². The summed E-state index contributed by atoms with van der Waals surface area (Å²) in [4.78, 5) is 7.45. The van der Waals surface area contributed by atoms with Gasteiger partial charge in [-0.1, -0.05) is 29.3 Å². The Labute approximate surface area is 187 Å². The average molecular weight is 461 g/mol. The number of hydrogen-bond acceptors (Lipinski definition) is 5. The van der Waals surface area contributed by atoms with Crippen molar-refractivity contribution in [3.05, 3.63) is 63.5 Å². The number of rotatable bonds is 4. The van der Waals surface area contributed by atoms with Crippen molar-refractivity contribution in [2.75, 3.05) is 18.0 Å². The van der Waals surface area contributed by atoms with E-state index in [0.29, 0.717) is 35.8 Å². The number of nitrogens with zero attached hydrogens (tertiary/aromatic N) is 2. The largest absolute Gasteiger partial charge is 0.348 e. The molecule has 0 bridgehead atoms. The van der Waals surface area contributed by atoms with E-state index in [4.69, 9.17) is 16.6 Å². The zero-order valence-electron chi connectivity index (χ0n) is 17.4. The first-order valence-electron chi connectivity index (χ1n) is 10.0. The smallest absolute Gasteiger partial charge is 0.185 e. The molecule has 0 N–H and O–H groups in total. The monoisotopic (exact) mass is 460 g/mol. The molecule has 1 aromatic heterocycles. The predicted molar refractivity (Wildman–Crippen MR) is 126 cm³/mol. The number of anilines is 1. The number of halogens is 1. The van der Waals surface area contributed by atoms with E-state index in [9.17, 15) is 8.42 Å². The molecule has 30 heavy (non-hydrogen) atoms. The fraction of sp³-hybridized carbons (Fsp3) is 0.348. The lowest BCUT2D eigenvalue weighted by molar-refractivity contribution is 0.529. The number of benzene rings is 2. The maximum absolute atomic E-state index is 13.0. The first-order chi connectivity index (χ1) is 14.3. The Balaban J connectivity index is 1.49. The molecule has 1 aliphatic heterocycles. The topological polar surface area (TPSA) is 50.3 Å². The SMILES string of the molecule is Cc1cc(C)c(-c2csc(N3CCC(S(=O)(=O)c4ccc(Cl)cc4)CC3)n2)c(C)c1. The number of hydrogen-bond donors (Lipinski definition) is 0. The summed E-state index contributed by atoms with van der Waals surface area (Å²) in [5, 5.41) is 3.25. The van der Waals surface area contributed by atoms with E-state index in [1.807, 2.05) is 0 Å². The molecule has 7 heteroatoms. The van der Waals surface area contributed by atoms with Crippen molar-refractivity contribution in [1.82, 2.24) is 4.98 Å². The van der Waals surface area contributed by atoms with Gasteiger partial charge in [0.2, 0.25) is 0 Å². The average Bonchev–Trinajstić information content (AvgIpc) is 3.17. The quantitative estimate of drug-likeness (QED) is 0.491. The second-order valence-electron chi connectivity index (χ2n) is 7.97. The summed E-state index contributed by atoms with van der Waals surface area (Å²) in [5.74, 6) is 0. The van der Waals surface area contributed by atoms with Crippen LogP contribution in [0, 0.1) is 20.8 Å². The van der Waals surface area contributed by atoms with Gasteiger partial charge in [-0.2, -0.15) is 0 Å². The fourth-order valence-electron chi connectivity index (χ4n) is 4.28. The lowest BCUT2D eigenvalue weighted by Gasteiger charge is -2.31. The van der Waals surface area contributed by atoms with E-state index in [1.165, 1.54) is 22.3 Å². The van der Waals surface area contributed by atoms with Gasteiger partial charge >= 0.3 is 0 Å². The van der Waals surface area contributed by atoms with Crippen molar-refractivity contribution in [1.29, 1.82) is 0 Å². The summed E-state index contributed by atoms with van der Waals surface area (Å²) in [6, 6.07) is 10.8. The minimum absolute atomic E-state index is 0.354. The molecule has 2 aromatic carbocycles. The van der Waals surface area contributed by atoms with E-state index >= 15 is 0 Å². The highest BCUT2D eigenvalue weighted by atomic mass is 35.5. The molecule has 1 saturated heterocycles. The number of piperidine rings is 1. The molecule has 0 radical (unpaired) electrons. The fourth-order valence-corrected chi connectivity index (χ4v) is 7.01. The van der Waals surface area contributed by atoms with Gasteiger partial charge in [0.15, 0.2) is 15.0 Å². The molecule has 1 aliphatic rings. The van der Waals surface area contributed by atoms with Crippen molar-refractivity contribution in [3.8, 4) is 11.3 Å². The third-order valence-corrected chi connectivity index (χ3v) is 9.15. The van der Waals surface area contributed by atoms with E-state index in [-0.39, 0.29) is 5.25 Å². The van der Waals surface area contributed by atoms with E-state index < -0.39 is 9.84 Å². The third kappa shape index (κ3) is 4.13. The van der Waals surface area contributed by atoms with Gasteiger partial charge in [-0.25, -0.2) is 13.4 Å². The Hall–Kier alpha value is -1.89. The zero-order valence-corrected chi connectivity index (χ0v) is 19.7. The summed E-state index contributed by atoms with van der Waals surface area (Å²) in [6.45, 7) is 7.74. The van der Waals surface area contributed by atoms with Gasteiger partial charge in [0.1, 0.15) is 0 Å². The Bertz CT molecular complexity index is 1140. The Morgan fingerprint density at radius 1 is 1.03 bits per heavy atom. The van der Waals surface area contributed by atoms with Crippen LogP contribution in [0.25, 0.3) is 11.3 Å². The van der Waals surface area contributed by atoms with Crippen LogP contribution in [0.15, 0.2) is 46.7 Å². The summed E-state index contributed by atoms with van der Waals surface area (Å²) in [5.41, 5.74) is 5.92. The molecular weight excluding hydrogens is 436 g/mol. The number of thiazole rings is 1. The molecular formula is C23H25ClN2O2S2. The van der Waals surface area contributed by atoms with E-state index in [2.05, 4.69) is 43.2 Å². The van der Waals surface area contributed by atoms with Crippen LogP contribution in [0.1, 0.15) is 29.5 Å². The summed E-state index contributed by atoms with van der Waals surface area (Å²) in [7, 11) is -3.34. The Morgan fingerprint density at radius 2 is 1.63 bits per heavy atom. The van der Waals surface area contributed by atoms with Crippen LogP contribution in [-0.2, 0) is 9.84 Å². The van der Waals surface area contributed by atoms with Gasteiger partial charge in [-0.15, -0.1) is 11.3 Å². The summed E-state index contributed by atoms with van der Waals surface area (Å²) >= 11 is 7.53. The van der Waals surface area contributed by atoms with Crippen LogP contribution < -0.4 is 4.90 Å². The van der Waals surface area contributed by atoms with Gasteiger partial charge in [-0.05, 0) is 69.0 Å². The first-order valence-corrected chi connectivity index (χ1v) is 12.8. The predicted octanol–water partition coefficient (Wildman–Crippen LogP) is 5.83. The van der Waals surface area contributed by atoms with Crippen LogP contribution in [0.2, 0.25) is 5.02 Å². The zero-order chi connectivity index (χ0) is 21.5. The molecule has 2 heterocycles. The molecule has 4 rings (SSSR count). The minimum atomic E-state index is -3.34. The number of aromatic nitrogens is 1. The number of aryl methyl sites for hydroxylation is 3. The van der Waals surface area contributed by atoms with Gasteiger partial charge in [0.05, 0.1) is 15.8 Å². The highest BCUT2D eigenvalue weighted by molar-refractivity contribution is 7.92. The van der Waals surface area contributed by atoms with E-state index in [0.717, 1.165) is 10.8 Å². The van der Waals surface area contributed by atoms with E-state index in [1.54, 1.807) is 35.6 Å². The van der Waals surface area contributed by atoms with Gasteiger partial charge < -0.3 is 4.90 Å². The molecule has 4 nitrogen and oxygen atoms in total. The van der Waals surface area contributed by atoms with Crippen LogP contribution in [0.3, 0.4) is 0 Å². The lowest BCUT2D eigenvalue weighted by atomic mass is 9.98. The molecule has 3 aromatic rings. The minimum Gasteiger partial charge on any atom is -0.348 e. The Kier molecular flexibility index (Phi) is 5.93. The second kappa shape index (κ2) is 8.33. The van der Waals surface area contributed by atoms with Crippen molar-refractivity contribution in [2.45, 2.75) is 43.8 Å². The molecule has 1 fully saturated rings. The first kappa shape index (κ1) is 21.3. The molecule has 0 unspecified atom stereocenters. The van der Waals surface area contributed by atoms with Crippen LogP contribution in [0.4, 0.5) is 5.13 Å². The van der Waals surface area contributed by atoms with Gasteiger partial charge in [0, 0.05) is 29.1 Å². The molecule has 158 valence electrons. The van der Waals surface area contributed by atoms with Crippen LogP contribution in [0.5, 0.6) is 0 Å². The summed E-state index contributed by atoms with van der Waals surface area (Å²) in [6.07, 6.45) is 1.20. The molecule has 0 saturated carbocycles. The highest BCUT2D eigenvalue weighted by Crippen LogP contribution is 2.34. The maximum atomic E-state index is 13.0. The molecule has 0 amide bonds. The third-order valence-electron chi connectivity index (χ3n) is 5.72. The van der Waals surface area contributed by atoms with Crippen molar-refractivity contribution in [2.24, 2.45) is 0 Å². The Morgan fingerprint density at radius 3 is 2.23 bits per heavy atom. The number of sulfone groups is 1. The highest BCUT2D eigenvalue weighted by Gasteiger charge is 2.32. The van der Waals surface area contributed by atoms with Crippen molar-refractivity contribution >= 4 is 37.9 Å². The van der Waals surface area contributed by atoms with Crippen LogP contribution in [-0.4, -0.2) is 31.7 Å². The normalized spacial score (nSPS) is 15.5. The molecule has 0 spiro atoms. The molecule has 0 atom stereocenters. The maximum Gasteiger partial charge on any atom is 0.185 e. The lowest BCUT2D eigenvalue weighted by Crippen LogP contribution is -2.39. The second-order valence-corrected chi connectivity index (χ2v) is 11.5. The summed E-state index contributed by atoms with van der Waals surface area (Å²) < 4.78 is 25.9.